The largest absolute Gasteiger partial charge is 0.504 e. The van der Waals surface area contributed by atoms with E-state index in [1.165, 1.54) is 18.9 Å². The predicted octanol–water partition coefficient (Wildman–Crippen LogP) is 4.70. The molecule has 0 aliphatic carbocycles. The Morgan fingerprint density at radius 2 is 1.74 bits per heavy atom. The highest BCUT2D eigenvalue weighted by molar-refractivity contribution is 8.19. The van der Waals surface area contributed by atoms with Crippen LogP contribution in [0.2, 0.25) is 0 Å². The zero-order valence-electron chi connectivity index (χ0n) is 16.7. The number of aromatic hydroxyl groups is 1. The number of rotatable bonds is 5. The molecule has 0 unspecified atom stereocenters. The number of aliphatic hydroxyl groups excluding tert-OH is 1. The summed E-state index contributed by atoms with van der Waals surface area (Å²) < 4.78 is 5.19. The topological polar surface area (TPSA) is 82.4 Å². The quantitative estimate of drug-likeness (QED) is 0.571. The number of ether oxygens (including phenoxy) is 1. The van der Waals surface area contributed by atoms with Crippen molar-refractivity contribution in [3.63, 3.8) is 0 Å². The highest BCUT2D eigenvalue weighted by atomic mass is 32.2. The molecule has 31 heavy (non-hydrogen) atoms. The molecule has 1 fully saturated rings. The van der Waals surface area contributed by atoms with Gasteiger partial charge in [0.25, 0.3) is 5.91 Å². The Hall–Kier alpha value is -3.55. The molecule has 0 saturated carbocycles. The molecule has 1 aliphatic heterocycles. The zero-order chi connectivity index (χ0) is 21.8. The van der Waals surface area contributed by atoms with E-state index >= 15 is 0 Å². The first-order chi connectivity index (χ1) is 15.1. The molecule has 1 amide bonds. The second-order valence-corrected chi connectivity index (χ2v) is 7.71. The average molecular weight is 433 g/mol. The van der Waals surface area contributed by atoms with Gasteiger partial charge in [-0.3, -0.25) is 9.69 Å². The van der Waals surface area contributed by atoms with E-state index in [0.29, 0.717) is 21.2 Å². The second-order valence-electron chi connectivity index (χ2n) is 6.71. The number of amidine groups is 1. The molecular weight excluding hydrogens is 412 g/mol. The van der Waals surface area contributed by atoms with Crippen molar-refractivity contribution in [1.29, 1.82) is 0 Å². The van der Waals surface area contributed by atoms with Crippen LogP contribution in [0.1, 0.15) is 11.1 Å². The number of hydrogen-bond acceptors (Lipinski definition) is 6. The molecular formula is C24H20N2O4S. The number of benzene rings is 3. The lowest BCUT2D eigenvalue weighted by Gasteiger charge is -2.15. The van der Waals surface area contributed by atoms with Crippen LogP contribution in [-0.2, 0) is 11.4 Å². The van der Waals surface area contributed by atoms with Gasteiger partial charge in [-0.15, -0.1) is 0 Å². The highest BCUT2D eigenvalue weighted by Gasteiger charge is 2.34. The van der Waals surface area contributed by atoms with Crippen LogP contribution in [0.15, 0.2) is 82.7 Å². The van der Waals surface area contributed by atoms with E-state index in [1.807, 2.05) is 60.7 Å². The van der Waals surface area contributed by atoms with Crippen molar-refractivity contribution in [1.82, 2.24) is 0 Å². The average Bonchev–Trinajstić information content (AvgIpc) is 3.10. The van der Waals surface area contributed by atoms with Gasteiger partial charge in [-0.05, 0) is 59.8 Å². The lowest BCUT2D eigenvalue weighted by molar-refractivity contribution is -0.113. The Balaban J connectivity index is 1.78. The first kappa shape index (κ1) is 20.7. The van der Waals surface area contributed by atoms with Crippen molar-refractivity contribution in [2.45, 2.75) is 6.61 Å². The van der Waals surface area contributed by atoms with Crippen molar-refractivity contribution in [3.05, 3.63) is 88.8 Å². The summed E-state index contributed by atoms with van der Waals surface area (Å²) in [7, 11) is 1.43. The summed E-state index contributed by atoms with van der Waals surface area (Å²) in [6, 6.07) is 22.0. The van der Waals surface area contributed by atoms with Crippen molar-refractivity contribution in [2.24, 2.45) is 4.99 Å². The Labute approximate surface area is 184 Å². The number of phenols is 1. The lowest BCUT2D eigenvalue weighted by Crippen LogP contribution is -2.28. The van der Waals surface area contributed by atoms with E-state index < -0.39 is 0 Å². The monoisotopic (exact) mass is 432 g/mol. The molecule has 0 bridgehead atoms. The first-order valence-corrected chi connectivity index (χ1v) is 10.4. The van der Waals surface area contributed by atoms with Crippen molar-refractivity contribution < 1.29 is 19.7 Å². The number of carbonyl (C=O) groups excluding carboxylic acids is 1. The minimum absolute atomic E-state index is 0.116. The van der Waals surface area contributed by atoms with Crippen LogP contribution in [0.3, 0.4) is 0 Å². The Bertz CT molecular complexity index is 1140. The second kappa shape index (κ2) is 9.07. The number of aliphatic imine (C=N–C) groups is 1. The van der Waals surface area contributed by atoms with Gasteiger partial charge in [0.2, 0.25) is 0 Å². The molecule has 0 atom stereocenters. The Morgan fingerprint density at radius 3 is 2.39 bits per heavy atom. The van der Waals surface area contributed by atoms with E-state index in [1.54, 1.807) is 23.1 Å². The number of methoxy groups -OCH3 is 1. The van der Waals surface area contributed by atoms with E-state index in [0.717, 1.165) is 11.4 Å². The minimum atomic E-state index is -0.350. The molecule has 3 aromatic rings. The van der Waals surface area contributed by atoms with Gasteiger partial charge >= 0.3 is 0 Å². The molecule has 6 nitrogen and oxygen atoms in total. The van der Waals surface area contributed by atoms with E-state index in [2.05, 4.69) is 4.99 Å². The normalized spacial score (nSPS) is 16.3. The zero-order valence-corrected chi connectivity index (χ0v) is 17.5. The predicted molar refractivity (Wildman–Crippen MR) is 124 cm³/mol. The molecule has 4 rings (SSSR count). The number of carbonyl (C=O) groups is 1. The van der Waals surface area contributed by atoms with Crippen LogP contribution in [0.25, 0.3) is 6.08 Å². The summed E-state index contributed by atoms with van der Waals surface area (Å²) in [5.41, 5.74) is 2.41. The smallest absolute Gasteiger partial charge is 0.271 e. The van der Waals surface area contributed by atoms with Gasteiger partial charge in [0, 0.05) is 5.56 Å². The number of thioether (sulfide) groups is 1. The van der Waals surface area contributed by atoms with E-state index in [-0.39, 0.29) is 24.0 Å². The van der Waals surface area contributed by atoms with Gasteiger partial charge in [0.1, 0.15) is 0 Å². The van der Waals surface area contributed by atoms with Crippen LogP contribution in [0.4, 0.5) is 11.4 Å². The molecule has 0 radical (unpaired) electrons. The Kier molecular flexibility index (Phi) is 6.06. The number of hydrogen-bond donors (Lipinski definition) is 2. The van der Waals surface area contributed by atoms with Gasteiger partial charge in [-0.1, -0.05) is 36.4 Å². The molecule has 7 heteroatoms. The number of aliphatic hydroxyl groups is 1. The van der Waals surface area contributed by atoms with Crippen molar-refractivity contribution >= 4 is 40.3 Å². The maximum Gasteiger partial charge on any atom is 0.271 e. The van der Waals surface area contributed by atoms with Gasteiger partial charge in [0.05, 0.1) is 30.0 Å². The number of para-hydroxylation sites is 2. The summed E-state index contributed by atoms with van der Waals surface area (Å²) >= 11 is 1.26. The van der Waals surface area contributed by atoms with Gasteiger partial charge < -0.3 is 14.9 Å². The summed E-state index contributed by atoms with van der Waals surface area (Å²) in [6.45, 7) is -0.350. The van der Waals surface area contributed by atoms with E-state index in [9.17, 15) is 15.0 Å². The van der Waals surface area contributed by atoms with Gasteiger partial charge in [-0.25, -0.2) is 4.99 Å². The number of amides is 1. The fourth-order valence-corrected chi connectivity index (χ4v) is 4.17. The van der Waals surface area contributed by atoms with Crippen LogP contribution in [0.5, 0.6) is 11.5 Å². The molecule has 1 heterocycles. The van der Waals surface area contributed by atoms with Crippen LogP contribution in [-0.4, -0.2) is 28.4 Å². The minimum Gasteiger partial charge on any atom is -0.504 e. The highest BCUT2D eigenvalue weighted by Crippen LogP contribution is 2.39. The Morgan fingerprint density at radius 1 is 1.06 bits per heavy atom. The fourth-order valence-electron chi connectivity index (χ4n) is 3.17. The van der Waals surface area contributed by atoms with Crippen LogP contribution in [0, 0.1) is 0 Å². The molecule has 156 valence electrons. The summed E-state index contributed by atoms with van der Waals surface area (Å²) in [5.74, 6) is -0.0924. The van der Waals surface area contributed by atoms with Crippen LogP contribution < -0.4 is 9.64 Å². The third-order valence-corrected chi connectivity index (χ3v) is 5.63. The summed E-state index contributed by atoms with van der Waals surface area (Å²) in [4.78, 5) is 20.0. The first-order valence-electron chi connectivity index (χ1n) is 9.54. The molecule has 0 aromatic heterocycles. The fraction of sp³-hybridized carbons (Fsp3) is 0.0833. The summed E-state index contributed by atoms with van der Waals surface area (Å²) in [5, 5.41) is 20.2. The van der Waals surface area contributed by atoms with E-state index in [4.69, 9.17) is 4.74 Å². The van der Waals surface area contributed by atoms with Crippen LogP contribution >= 0.6 is 11.8 Å². The number of anilines is 1. The van der Waals surface area contributed by atoms with Crippen molar-refractivity contribution in [2.75, 3.05) is 12.0 Å². The molecule has 0 spiro atoms. The van der Waals surface area contributed by atoms with Gasteiger partial charge in [0.15, 0.2) is 16.7 Å². The third-order valence-electron chi connectivity index (χ3n) is 4.67. The number of nitrogens with zero attached hydrogens (tertiary/aromatic N) is 2. The maximum atomic E-state index is 13.3. The van der Waals surface area contributed by atoms with Gasteiger partial charge in [-0.2, -0.15) is 0 Å². The lowest BCUT2D eigenvalue weighted by atomic mass is 10.1. The molecule has 1 saturated heterocycles. The SMILES string of the molecule is COc1cc(/C=C2\SC(=Nc3ccccc3)N(c3ccccc3)C2=O)cc(CO)c1O. The van der Waals surface area contributed by atoms with Crippen molar-refractivity contribution in [3.8, 4) is 11.5 Å². The third kappa shape index (κ3) is 4.33. The standard InChI is InChI=1S/C24H20N2O4S/c1-30-20-13-16(12-17(15-27)22(20)28)14-21-23(29)26(19-10-6-3-7-11-19)24(31-21)25-18-8-4-2-5-9-18/h2-14,27-28H,15H2,1H3/b21-14-,25-24?. The summed E-state index contributed by atoms with van der Waals surface area (Å²) in [6.07, 6.45) is 1.71. The maximum absolute atomic E-state index is 13.3. The molecule has 1 aliphatic rings. The molecule has 2 N–H and O–H groups in total. The molecule has 3 aromatic carbocycles.